The topological polar surface area (TPSA) is 55.9 Å². The van der Waals surface area contributed by atoms with Crippen molar-refractivity contribution in [1.29, 1.82) is 0 Å². The second kappa shape index (κ2) is 6.90. The van der Waals surface area contributed by atoms with Gasteiger partial charge in [0.1, 0.15) is 0 Å². The van der Waals surface area contributed by atoms with Crippen molar-refractivity contribution in [2.24, 2.45) is 18.8 Å². The van der Waals surface area contributed by atoms with Crippen LogP contribution in [0.4, 0.5) is 0 Å². The van der Waals surface area contributed by atoms with Crippen molar-refractivity contribution in [1.82, 2.24) is 15.2 Å². The van der Waals surface area contributed by atoms with Gasteiger partial charge in [0.05, 0.1) is 6.20 Å². The minimum absolute atomic E-state index is 0.385. The van der Waals surface area contributed by atoms with Gasteiger partial charge in [-0.3, -0.25) is 16.0 Å². The van der Waals surface area contributed by atoms with Gasteiger partial charge in [0.25, 0.3) is 0 Å². The Balaban J connectivity index is 1.74. The Morgan fingerprint density at radius 2 is 2.22 bits per heavy atom. The van der Waals surface area contributed by atoms with Crippen molar-refractivity contribution in [3.63, 3.8) is 0 Å². The summed E-state index contributed by atoms with van der Waals surface area (Å²) < 4.78 is 1.85. The molecular formula is C14H26N4. The average molecular weight is 250 g/mol. The van der Waals surface area contributed by atoms with Crippen molar-refractivity contribution < 1.29 is 0 Å². The molecular weight excluding hydrogens is 224 g/mol. The van der Waals surface area contributed by atoms with E-state index < -0.39 is 0 Å². The molecule has 1 saturated carbocycles. The number of aromatic nitrogens is 2. The fourth-order valence-electron chi connectivity index (χ4n) is 3.02. The third-order valence-corrected chi connectivity index (χ3v) is 4.12. The van der Waals surface area contributed by atoms with E-state index in [9.17, 15) is 0 Å². The van der Waals surface area contributed by atoms with Crippen LogP contribution >= 0.6 is 0 Å². The Bertz CT molecular complexity index is 341. The van der Waals surface area contributed by atoms with E-state index in [2.05, 4.69) is 16.7 Å². The first-order valence-electron chi connectivity index (χ1n) is 7.21. The maximum atomic E-state index is 5.67. The first kappa shape index (κ1) is 13.6. The summed E-state index contributed by atoms with van der Waals surface area (Å²) in [6.07, 6.45) is 14.6. The second-order valence-corrected chi connectivity index (χ2v) is 5.67. The van der Waals surface area contributed by atoms with E-state index in [1.807, 2.05) is 17.9 Å². The summed E-state index contributed by atoms with van der Waals surface area (Å²) in [5.74, 6) is 6.60. The van der Waals surface area contributed by atoms with E-state index in [0.29, 0.717) is 6.04 Å². The van der Waals surface area contributed by atoms with Crippen molar-refractivity contribution in [2.45, 2.75) is 57.4 Å². The van der Waals surface area contributed by atoms with Gasteiger partial charge in [-0.15, -0.1) is 0 Å². The van der Waals surface area contributed by atoms with Crippen LogP contribution in [0.3, 0.4) is 0 Å². The molecule has 1 atom stereocenters. The Morgan fingerprint density at radius 1 is 1.44 bits per heavy atom. The number of nitrogens with zero attached hydrogens (tertiary/aromatic N) is 2. The van der Waals surface area contributed by atoms with Crippen molar-refractivity contribution >= 4 is 0 Å². The van der Waals surface area contributed by atoms with Gasteiger partial charge in [0, 0.05) is 19.3 Å². The largest absolute Gasteiger partial charge is 0.276 e. The second-order valence-electron chi connectivity index (χ2n) is 5.67. The first-order chi connectivity index (χ1) is 8.78. The molecule has 2 rings (SSSR count). The van der Waals surface area contributed by atoms with Gasteiger partial charge in [-0.1, -0.05) is 32.1 Å². The third-order valence-electron chi connectivity index (χ3n) is 4.12. The molecule has 4 heteroatoms. The lowest BCUT2D eigenvalue weighted by Crippen LogP contribution is -2.37. The zero-order chi connectivity index (χ0) is 12.8. The molecule has 102 valence electrons. The molecule has 0 aliphatic heterocycles. The van der Waals surface area contributed by atoms with E-state index >= 15 is 0 Å². The van der Waals surface area contributed by atoms with Crippen LogP contribution in [0.5, 0.6) is 0 Å². The number of hydrogen-bond acceptors (Lipinski definition) is 3. The zero-order valence-corrected chi connectivity index (χ0v) is 11.4. The minimum Gasteiger partial charge on any atom is -0.276 e. The summed E-state index contributed by atoms with van der Waals surface area (Å²) in [5, 5.41) is 4.20. The monoisotopic (exact) mass is 250 g/mol. The Morgan fingerprint density at radius 3 is 2.83 bits per heavy atom. The number of hydrazine groups is 1. The molecule has 0 spiro atoms. The number of aryl methyl sites for hydroxylation is 1. The van der Waals surface area contributed by atoms with E-state index in [4.69, 9.17) is 5.84 Å². The number of nitrogens with one attached hydrogen (secondary N) is 1. The maximum absolute atomic E-state index is 5.67. The Kier molecular flexibility index (Phi) is 5.20. The van der Waals surface area contributed by atoms with Crippen molar-refractivity contribution in [3.8, 4) is 0 Å². The lowest BCUT2D eigenvalue weighted by atomic mass is 9.85. The molecule has 1 aromatic heterocycles. The number of rotatable bonds is 6. The molecule has 0 saturated heterocycles. The SMILES string of the molecule is Cn1cc(CC(CCC2CCCCC2)NN)cn1. The first-order valence-corrected chi connectivity index (χ1v) is 7.21. The molecule has 1 aliphatic rings. The summed E-state index contributed by atoms with van der Waals surface area (Å²) in [7, 11) is 1.95. The highest BCUT2D eigenvalue weighted by Gasteiger charge is 2.16. The summed E-state index contributed by atoms with van der Waals surface area (Å²) in [6.45, 7) is 0. The quantitative estimate of drug-likeness (QED) is 0.601. The maximum Gasteiger partial charge on any atom is 0.0522 e. The van der Waals surface area contributed by atoms with Crippen molar-refractivity contribution in [2.75, 3.05) is 0 Å². The molecule has 1 aliphatic carbocycles. The highest BCUT2D eigenvalue weighted by molar-refractivity contribution is 5.05. The highest BCUT2D eigenvalue weighted by atomic mass is 15.2. The molecule has 1 heterocycles. The molecule has 0 radical (unpaired) electrons. The standard InChI is InChI=1S/C14H26N4/c1-18-11-13(10-16-18)9-14(17-15)8-7-12-5-3-2-4-6-12/h10-12,14,17H,2-9,15H2,1H3. The van der Waals surface area contributed by atoms with E-state index in [1.54, 1.807) is 0 Å². The molecule has 0 bridgehead atoms. The fraction of sp³-hybridized carbons (Fsp3) is 0.786. The van der Waals surface area contributed by atoms with Crippen LogP contribution in [0.15, 0.2) is 12.4 Å². The molecule has 3 N–H and O–H groups in total. The van der Waals surface area contributed by atoms with Gasteiger partial charge in [0.2, 0.25) is 0 Å². The average Bonchev–Trinajstić information content (AvgIpc) is 2.81. The van der Waals surface area contributed by atoms with Crippen LogP contribution < -0.4 is 11.3 Å². The van der Waals surface area contributed by atoms with Gasteiger partial charge < -0.3 is 0 Å². The summed E-state index contributed by atoms with van der Waals surface area (Å²) in [4.78, 5) is 0. The van der Waals surface area contributed by atoms with Crippen LogP contribution in [0.1, 0.15) is 50.5 Å². The summed E-state index contributed by atoms with van der Waals surface area (Å²) >= 11 is 0. The predicted molar refractivity (Wildman–Crippen MR) is 73.8 cm³/mol. The van der Waals surface area contributed by atoms with Crippen LogP contribution in [0.25, 0.3) is 0 Å². The van der Waals surface area contributed by atoms with E-state index in [-0.39, 0.29) is 0 Å². The van der Waals surface area contributed by atoms with E-state index in [1.165, 1.54) is 50.5 Å². The van der Waals surface area contributed by atoms with Gasteiger partial charge in [-0.25, -0.2) is 0 Å². The molecule has 0 amide bonds. The molecule has 1 unspecified atom stereocenters. The molecule has 1 fully saturated rings. The fourth-order valence-corrected chi connectivity index (χ4v) is 3.02. The van der Waals surface area contributed by atoms with Gasteiger partial charge in [-0.05, 0) is 30.7 Å². The number of hydrogen-bond donors (Lipinski definition) is 2. The van der Waals surface area contributed by atoms with Crippen molar-refractivity contribution in [3.05, 3.63) is 18.0 Å². The third kappa shape index (κ3) is 4.10. The lowest BCUT2D eigenvalue weighted by molar-refractivity contribution is 0.313. The predicted octanol–water partition coefficient (Wildman–Crippen LogP) is 2.16. The Hall–Kier alpha value is -0.870. The molecule has 1 aromatic rings. The van der Waals surface area contributed by atoms with Gasteiger partial charge in [-0.2, -0.15) is 5.10 Å². The van der Waals surface area contributed by atoms with Crippen LogP contribution in [0.2, 0.25) is 0 Å². The number of nitrogens with two attached hydrogens (primary N) is 1. The smallest absolute Gasteiger partial charge is 0.0522 e. The van der Waals surface area contributed by atoms with Gasteiger partial charge in [0.15, 0.2) is 0 Å². The van der Waals surface area contributed by atoms with E-state index in [0.717, 1.165) is 12.3 Å². The van der Waals surface area contributed by atoms with Crippen LogP contribution in [0, 0.1) is 5.92 Å². The van der Waals surface area contributed by atoms with Gasteiger partial charge >= 0.3 is 0 Å². The summed E-state index contributed by atoms with van der Waals surface area (Å²) in [6, 6.07) is 0.385. The van der Waals surface area contributed by atoms with Crippen LogP contribution in [-0.4, -0.2) is 15.8 Å². The highest BCUT2D eigenvalue weighted by Crippen LogP contribution is 2.27. The summed E-state index contributed by atoms with van der Waals surface area (Å²) in [5.41, 5.74) is 4.23. The zero-order valence-electron chi connectivity index (χ0n) is 11.4. The molecule has 4 nitrogen and oxygen atoms in total. The van der Waals surface area contributed by atoms with Crippen LogP contribution in [-0.2, 0) is 13.5 Å². The lowest BCUT2D eigenvalue weighted by Gasteiger charge is -2.23. The Labute approximate surface area is 110 Å². The molecule has 18 heavy (non-hydrogen) atoms. The minimum atomic E-state index is 0.385. The molecule has 0 aromatic carbocycles. The normalized spacial score (nSPS) is 19.0.